The highest BCUT2D eigenvalue weighted by Gasteiger charge is 2.52. The number of epoxide rings is 1. The van der Waals surface area contributed by atoms with Crippen molar-refractivity contribution in [1.82, 2.24) is 4.90 Å². The highest BCUT2D eigenvalue weighted by atomic mass is 32.2. The first kappa shape index (κ1) is 18.5. The fourth-order valence-corrected chi connectivity index (χ4v) is 3.78. The minimum Gasteiger partial charge on any atom is -0.497 e. The summed E-state index contributed by atoms with van der Waals surface area (Å²) >= 11 is 1.78. The van der Waals surface area contributed by atoms with Crippen molar-refractivity contribution >= 4 is 17.7 Å². The molecule has 0 N–H and O–H groups in total. The first-order valence-corrected chi connectivity index (χ1v) is 10.2. The second-order valence-electron chi connectivity index (χ2n) is 6.88. The molecule has 1 aromatic carbocycles. The summed E-state index contributed by atoms with van der Waals surface area (Å²) in [5.41, 5.74) is 1.01. The van der Waals surface area contributed by atoms with Gasteiger partial charge in [0.25, 0.3) is 5.91 Å². The van der Waals surface area contributed by atoms with E-state index < -0.39 is 6.10 Å². The van der Waals surface area contributed by atoms with E-state index in [1.807, 2.05) is 29.2 Å². The van der Waals surface area contributed by atoms with Gasteiger partial charge in [-0.3, -0.25) is 4.79 Å². The Bertz CT molecular complexity index is 592. The number of hydrogen-bond acceptors (Lipinski definition) is 5. The molecule has 2 heterocycles. The van der Waals surface area contributed by atoms with Gasteiger partial charge in [-0.2, -0.15) is 11.8 Å². The van der Waals surface area contributed by atoms with Gasteiger partial charge >= 0.3 is 0 Å². The van der Waals surface area contributed by atoms with Crippen LogP contribution in [0.5, 0.6) is 5.75 Å². The number of rotatable bonds is 7. The standard InChI is InChI=1S/C19H27NO4S/c1-12(2)15-11-23-16(9-10-25-4)20(15)19(21)18-17(24-18)13-5-7-14(22-3)8-6-13/h5-8,12,15-18H,9-11H2,1-4H3/t15-,16-,17-,18+/m1/s1. The number of benzene rings is 1. The Labute approximate surface area is 154 Å². The molecule has 0 unspecified atom stereocenters. The molecular formula is C19H27NO4S. The highest BCUT2D eigenvalue weighted by Crippen LogP contribution is 2.42. The van der Waals surface area contributed by atoms with Gasteiger partial charge in [0.15, 0.2) is 6.10 Å². The Balaban J connectivity index is 1.69. The second-order valence-corrected chi connectivity index (χ2v) is 7.86. The number of carbonyl (C=O) groups excluding carboxylic acids is 1. The Morgan fingerprint density at radius 2 is 2.08 bits per heavy atom. The molecule has 25 heavy (non-hydrogen) atoms. The third-order valence-corrected chi connectivity index (χ3v) is 5.54. The molecule has 0 radical (unpaired) electrons. The summed E-state index contributed by atoms with van der Waals surface area (Å²) in [4.78, 5) is 15.0. The number of carbonyl (C=O) groups is 1. The molecule has 0 bridgehead atoms. The molecule has 0 aromatic heterocycles. The van der Waals surface area contributed by atoms with Crippen LogP contribution in [0, 0.1) is 5.92 Å². The van der Waals surface area contributed by atoms with Gasteiger partial charge in [-0.15, -0.1) is 0 Å². The molecule has 1 aromatic rings. The van der Waals surface area contributed by atoms with E-state index in [2.05, 4.69) is 20.1 Å². The van der Waals surface area contributed by atoms with Gasteiger partial charge in [0.05, 0.1) is 19.8 Å². The van der Waals surface area contributed by atoms with Crippen LogP contribution in [0.15, 0.2) is 24.3 Å². The lowest BCUT2D eigenvalue weighted by molar-refractivity contribution is -0.139. The van der Waals surface area contributed by atoms with Gasteiger partial charge in [-0.25, -0.2) is 0 Å². The monoisotopic (exact) mass is 365 g/mol. The van der Waals surface area contributed by atoms with Crippen molar-refractivity contribution in [2.24, 2.45) is 5.92 Å². The van der Waals surface area contributed by atoms with E-state index in [0.717, 1.165) is 23.5 Å². The zero-order valence-corrected chi connectivity index (χ0v) is 16.1. The summed E-state index contributed by atoms with van der Waals surface area (Å²) < 4.78 is 16.9. The number of amides is 1. The lowest BCUT2D eigenvalue weighted by Crippen LogP contribution is -2.46. The van der Waals surface area contributed by atoms with E-state index in [-0.39, 0.29) is 24.3 Å². The quantitative estimate of drug-likeness (QED) is 0.695. The summed E-state index contributed by atoms with van der Waals surface area (Å²) in [6.07, 6.45) is 2.25. The zero-order chi connectivity index (χ0) is 18.0. The van der Waals surface area contributed by atoms with Crippen molar-refractivity contribution in [2.75, 3.05) is 25.7 Å². The molecule has 0 saturated carbocycles. The second kappa shape index (κ2) is 7.98. The Kier molecular flexibility index (Phi) is 5.92. The van der Waals surface area contributed by atoms with Crippen LogP contribution in [0.3, 0.4) is 0 Å². The average molecular weight is 365 g/mol. The summed E-state index contributed by atoms with van der Waals surface area (Å²) in [5, 5.41) is 0. The van der Waals surface area contributed by atoms with Crippen molar-refractivity contribution in [1.29, 1.82) is 0 Å². The zero-order valence-electron chi connectivity index (χ0n) is 15.3. The molecule has 2 aliphatic heterocycles. The number of methoxy groups -OCH3 is 1. The topological polar surface area (TPSA) is 51.3 Å². The smallest absolute Gasteiger partial charge is 0.257 e. The molecule has 2 aliphatic rings. The summed E-state index contributed by atoms with van der Waals surface area (Å²) in [7, 11) is 1.64. The van der Waals surface area contributed by atoms with Crippen LogP contribution in [0.25, 0.3) is 0 Å². The van der Waals surface area contributed by atoms with Gasteiger partial charge < -0.3 is 19.1 Å². The maximum Gasteiger partial charge on any atom is 0.257 e. The van der Waals surface area contributed by atoms with Crippen molar-refractivity contribution in [3.05, 3.63) is 29.8 Å². The molecule has 138 valence electrons. The van der Waals surface area contributed by atoms with Crippen LogP contribution in [-0.2, 0) is 14.3 Å². The minimum absolute atomic E-state index is 0.0584. The molecular weight excluding hydrogens is 338 g/mol. The molecule has 1 amide bonds. The molecule has 0 spiro atoms. The third kappa shape index (κ3) is 3.96. The molecule has 0 aliphatic carbocycles. The molecule has 2 fully saturated rings. The summed E-state index contributed by atoms with van der Waals surface area (Å²) in [5.74, 6) is 2.20. The third-order valence-electron chi connectivity index (χ3n) is 4.90. The van der Waals surface area contributed by atoms with E-state index >= 15 is 0 Å². The normalized spacial score (nSPS) is 28.4. The van der Waals surface area contributed by atoms with E-state index in [1.165, 1.54) is 0 Å². The van der Waals surface area contributed by atoms with Gasteiger partial charge in [0.1, 0.15) is 18.1 Å². The molecule has 5 nitrogen and oxygen atoms in total. The van der Waals surface area contributed by atoms with Crippen LogP contribution in [0.1, 0.15) is 31.9 Å². The maximum absolute atomic E-state index is 13.1. The van der Waals surface area contributed by atoms with Crippen LogP contribution >= 0.6 is 11.8 Å². The van der Waals surface area contributed by atoms with Gasteiger partial charge in [-0.1, -0.05) is 26.0 Å². The Morgan fingerprint density at radius 1 is 1.36 bits per heavy atom. The number of hydrogen-bond donors (Lipinski definition) is 0. The van der Waals surface area contributed by atoms with Crippen LogP contribution < -0.4 is 4.74 Å². The van der Waals surface area contributed by atoms with Crippen molar-refractivity contribution in [3.63, 3.8) is 0 Å². The molecule has 3 rings (SSSR count). The Hall–Kier alpha value is -1.24. The van der Waals surface area contributed by atoms with Crippen molar-refractivity contribution in [2.45, 2.75) is 44.7 Å². The summed E-state index contributed by atoms with van der Waals surface area (Å²) in [6, 6.07) is 7.84. The predicted molar refractivity (Wildman–Crippen MR) is 98.8 cm³/mol. The number of nitrogens with zero attached hydrogens (tertiary/aromatic N) is 1. The summed E-state index contributed by atoms with van der Waals surface area (Å²) in [6.45, 7) is 4.89. The Morgan fingerprint density at radius 3 is 2.68 bits per heavy atom. The van der Waals surface area contributed by atoms with Crippen molar-refractivity contribution < 1.29 is 19.0 Å². The maximum atomic E-state index is 13.1. The van der Waals surface area contributed by atoms with Crippen molar-refractivity contribution in [3.8, 4) is 5.75 Å². The van der Waals surface area contributed by atoms with Gasteiger partial charge in [-0.05, 0) is 35.6 Å². The predicted octanol–water partition coefficient (Wildman–Crippen LogP) is 3.10. The van der Waals surface area contributed by atoms with E-state index in [1.54, 1.807) is 18.9 Å². The van der Waals surface area contributed by atoms with E-state index in [0.29, 0.717) is 12.5 Å². The van der Waals surface area contributed by atoms with E-state index in [9.17, 15) is 4.79 Å². The largest absolute Gasteiger partial charge is 0.497 e. The fourth-order valence-electron chi connectivity index (χ4n) is 3.34. The minimum atomic E-state index is -0.395. The SMILES string of the molecule is COc1ccc([C@H]2O[C@@H]2C(=O)N2[C@@H](C(C)C)CO[C@@H]2CCSC)cc1. The van der Waals surface area contributed by atoms with Gasteiger partial charge in [0, 0.05) is 6.42 Å². The molecule has 6 heteroatoms. The molecule has 2 saturated heterocycles. The first-order valence-electron chi connectivity index (χ1n) is 8.79. The van der Waals surface area contributed by atoms with Crippen LogP contribution in [0.4, 0.5) is 0 Å². The van der Waals surface area contributed by atoms with Crippen LogP contribution in [0.2, 0.25) is 0 Å². The highest BCUT2D eigenvalue weighted by molar-refractivity contribution is 7.98. The lowest BCUT2D eigenvalue weighted by Gasteiger charge is -2.30. The molecule has 4 atom stereocenters. The van der Waals surface area contributed by atoms with Gasteiger partial charge in [0.2, 0.25) is 0 Å². The number of ether oxygens (including phenoxy) is 3. The average Bonchev–Trinajstić information content (AvgIpc) is 3.31. The van der Waals surface area contributed by atoms with Crippen LogP contribution in [-0.4, -0.2) is 54.9 Å². The first-order chi connectivity index (χ1) is 12.1. The van der Waals surface area contributed by atoms with E-state index in [4.69, 9.17) is 14.2 Å². The number of thioether (sulfide) groups is 1. The lowest BCUT2D eigenvalue weighted by atomic mass is 10.0. The fraction of sp³-hybridized carbons (Fsp3) is 0.632.